The van der Waals surface area contributed by atoms with Crippen LogP contribution in [-0.4, -0.2) is 103 Å². The monoisotopic (exact) mass is 785 g/mol. The topological polar surface area (TPSA) is 122 Å². The van der Waals surface area contributed by atoms with Gasteiger partial charge in [-0.15, -0.1) is 13.2 Å². The molecule has 11 heteroatoms. The summed E-state index contributed by atoms with van der Waals surface area (Å²) in [6, 6.07) is 15.4. The third-order valence-electron chi connectivity index (χ3n) is 11.7. The second-order valence-electron chi connectivity index (χ2n) is 15.6. The van der Waals surface area contributed by atoms with Crippen LogP contribution in [0.4, 0.5) is 4.79 Å². The largest absolute Gasteiger partial charge is 0.492 e. The molecule has 0 unspecified atom stereocenters. The Morgan fingerprint density at radius 2 is 1.82 bits per heavy atom. The van der Waals surface area contributed by atoms with E-state index in [0.29, 0.717) is 51.0 Å². The summed E-state index contributed by atoms with van der Waals surface area (Å²) in [7, 11) is 0. The number of aliphatic hydroxyl groups is 2. The zero-order valence-corrected chi connectivity index (χ0v) is 33.8. The first-order valence-corrected chi connectivity index (χ1v) is 21.1. The predicted octanol–water partition coefficient (Wildman–Crippen LogP) is 7.64. The molecule has 4 aliphatic rings. The fourth-order valence-electron chi connectivity index (χ4n) is 9.01. The van der Waals surface area contributed by atoms with Crippen LogP contribution in [0.1, 0.15) is 81.8 Å². The molecule has 2 aliphatic heterocycles. The summed E-state index contributed by atoms with van der Waals surface area (Å²) in [5.74, 6) is -0.132. The Hall–Kier alpha value is -4.16. The number of ether oxygens (including phenoxy) is 4. The smallest absolute Gasteiger partial charge is 0.410 e. The molecule has 2 aliphatic carbocycles. The van der Waals surface area contributed by atoms with Gasteiger partial charge in [-0.25, -0.2) is 4.79 Å². The zero-order chi connectivity index (χ0) is 40.0. The normalized spacial score (nSPS) is 25.4. The molecule has 6 atom stereocenters. The van der Waals surface area contributed by atoms with Gasteiger partial charge in [0.15, 0.2) is 0 Å². The van der Waals surface area contributed by atoms with Crippen molar-refractivity contribution in [1.29, 1.82) is 0 Å². The molecular formula is C46H63N3O8. The van der Waals surface area contributed by atoms with Crippen molar-refractivity contribution in [1.82, 2.24) is 9.80 Å². The molecule has 57 heavy (non-hydrogen) atoms. The van der Waals surface area contributed by atoms with Crippen molar-refractivity contribution in [3.63, 3.8) is 0 Å². The first-order chi connectivity index (χ1) is 28.0. The molecule has 11 nitrogen and oxygen atoms in total. The lowest BCUT2D eigenvalue weighted by Gasteiger charge is -2.59. The number of hydrogen-bond donors (Lipinski definition) is 2. The highest BCUT2D eigenvalue weighted by Gasteiger charge is 2.65. The second-order valence-corrected chi connectivity index (χ2v) is 15.6. The molecule has 0 radical (unpaired) electrons. The minimum atomic E-state index is -1.34. The molecule has 2 N–H and O–H groups in total. The highest BCUT2D eigenvalue weighted by atomic mass is 16.7. The van der Waals surface area contributed by atoms with E-state index in [1.165, 1.54) is 0 Å². The quantitative estimate of drug-likeness (QED) is 0.0479. The van der Waals surface area contributed by atoms with Crippen molar-refractivity contribution in [2.75, 3.05) is 59.2 Å². The van der Waals surface area contributed by atoms with E-state index in [9.17, 15) is 15.0 Å². The summed E-state index contributed by atoms with van der Waals surface area (Å²) in [6.45, 7) is 14.9. The number of rotatable bonds is 24. The maximum atomic E-state index is 14.2. The molecule has 6 rings (SSSR count). The first kappa shape index (κ1) is 42.4. The maximum absolute atomic E-state index is 14.2. The van der Waals surface area contributed by atoms with Crippen molar-refractivity contribution in [2.24, 2.45) is 22.9 Å². The van der Waals surface area contributed by atoms with Crippen LogP contribution >= 0.6 is 0 Å². The molecule has 1 saturated carbocycles. The third-order valence-corrected chi connectivity index (χ3v) is 11.7. The second kappa shape index (κ2) is 21.0. The molecule has 2 aromatic carbocycles. The zero-order valence-electron chi connectivity index (χ0n) is 33.8. The number of carbonyl (C=O) groups is 1. The van der Waals surface area contributed by atoms with Gasteiger partial charge in [0.2, 0.25) is 5.79 Å². The van der Waals surface area contributed by atoms with Gasteiger partial charge in [-0.3, -0.25) is 9.80 Å². The van der Waals surface area contributed by atoms with Crippen LogP contribution in [0.3, 0.4) is 0 Å². The maximum Gasteiger partial charge on any atom is 0.410 e. The summed E-state index contributed by atoms with van der Waals surface area (Å²) in [5, 5.41) is 24.7. The fraction of sp³-hybridized carbons (Fsp3) is 0.565. The van der Waals surface area contributed by atoms with Gasteiger partial charge in [0.25, 0.3) is 0 Å². The van der Waals surface area contributed by atoms with E-state index in [1.807, 2.05) is 49.4 Å². The van der Waals surface area contributed by atoms with Crippen molar-refractivity contribution in [3.05, 3.63) is 96.6 Å². The number of allylic oxidation sites excluding steroid dienone is 1. The summed E-state index contributed by atoms with van der Waals surface area (Å²) in [4.78, 5) is 24.5. The molecule has 310 valence electrons. The number of unbranched alkanes of at least 4 members (excludes halogenated alkanes) is 2. The summed E-state index contributed by atoms with van der Waals surface area (Å²) >= 11 is 0. The number of oxime groups is 1. The van der Waals surface area contributed by atoms with Crippen LogP contribution in [0.15, 0.2) is 90.6 Å². The lowest BCUT2D eigenvalue weighted by molar-refractivity contribution is -0.255. The van der Waals surface area contributed by atoms with E-state index in [2.05, 4.69) is 30.2 Å². The minimum absolute atomic E-state index is 0.121. The molecule has 2 aromatic rings. The molecule has 0 bridgehead atoms. The van der Waals surface area contributed by atoms with Crippen molar-refractivity contribution >= 4 is 11.8 Å². The highest BCUT2D eigenvalue weighted by Crippen LogP contribution is 2.62. The van der Waals surface area contributed by atoms with Crippen molar-refractivity contribution < 1.29 is 38.8 Å². The Labute approximate surface area is 338 Å². The number of aliphatic hydroxyl groups excluding tert-OH is 2. The molecule has 2 fully saturated rings. The molecule has 1 saturated heterocycles. The average Bonchev–Trinajstić information content (AvgIpc) is 4.06. The van der Waals surface area contributed by atoms with Gasteiger partial charge in [0, 0.05) is 57.3 Å². The third kappa shape index (κ3) is 10.3. The van der Waals surface area contributed by atoms with Gasteiger partial charge >= 0.3 is 6.09 Å². The molecule has 0 spiro atoms. The van der Waals surface area contributed by atoms with Gasteiger partial charge in [0.1, 0.15) is 30.8 Å². The van der Waals surface area contributed by atoms with Crippen LogP contribution in [-0.2, 0) is 20.9 Å². The van der Waals surface area contributed by atoms with E-state index < -0.39 is 23.8 Å². The molecule has 2 heterocycles. The Balaban J connectivity index is 1.53. The van der Waals surface area contributed by atoms with Crippen LogP contribution in [0.2, 0.25) is 0 Å². The Morgan fingerprint density at radius 1 is 1.04 bits per heavy atom. The molecule has 1 amide bonds. The number of carbonyl (C=O) groups excluding carboxylic acids is 1. The number of benzene rings is 2. The first-order valence-electron chi connectivity index (χ1n) is 21.1. The number of fused-ring (bicyclic) bond motifs is 2. The predicted molar refractivity (Wildman–Crippen MR) is 221 cm³/mol. The van der Waals surface area contributed by atoms with E-state index in [0.717, 1.165) is 73.5 Å². The van der Waals surface area contributed by atoms with Gasteiger partial charge in [-0.2, -0.15) is 0 Å². The van der Waals surface area contributed by atoms with E-state index in [-0.39, 0.29) is 50.8 Å². The van der Waals surface area contributed by atoms with E-state index in [4.69, 9.17) is 28.9 Å². The summed E-state index contributed by atoms with van der Waals surface area (Å²) in [6.07, 6.45) is 11.8. The van der Waals surface area contributed by atoms with Gasteiger partial charge < -0.3 is 34.0 Å². The summed E-state index contributed by atoms with van der Waals surface area (Å²) in [5.41, 5.74) is 3.78. The fourth-order valence-corrected chi connectivity index (χ4v) is 9.01. The van der Waals surface area contributed by atoms with Gasteiger partial charge in [0.05, 0.1) is 24.8 Å². The molecule has 0 aromatic heterocycles. The van der Waals surface area contributed by atoms with Gasteiger partial charge in [-0.1, -0.05) is 73.5 Å². The standard InChI is InChI=1S/C46H63N3O8/c1-4-7-28-54-45(52)49(21-5-2)42-32-40(47-56-33-34-15-9-8-10-16-34)38-30-35(17-11-13-25-50)37(18-12-14-26-51)43-39-31-36(53-29-24-48-22-23-48)19-20-41(39)57-46(42,44(38)43)55-27-6-3/h4,6,8-10,15-16,19-20,30-31,35,37,42-44,50-51H,1,3,5,7,11-14,17-18,21-29,32-33H2,2H3/t35-,37+,42-,43+,44+,46+/m0/s1. The number of nitrogens with zero attached hydrogens (tertiary/aromatic N) is 3. The van der Waals surface area contributed by atoms with Crippen LogP contribution < -0.4 is 9.47 Å². The van der Waals surface area contributed by atoms with E-state index in [1.54, 1.807) is 17.1 Å². The minimum Gasteiger partial charge on any atom is -0.492 e. The highest BCUT2D eigenvalue weighted by molar-refractivity contribution is 6.03. The van der Waals surface area contributed by atoms with Crippen LogP contribution in [0.5, 0.6) is 11.5 Å². The van der Waals surface area contributed by atoms with E-state index >= 15 is 0 Å². The Morgan fingerprint density at radius 3 is 2.54 bits per heavy atom. The van der Waals surface area contributed by atoms with Crippen LogP contribution in [0, 0.1) is 17.8 Å². The van der Waals surface area contributed by atoms with Crippen molar-refractivity contribution in [2.45, 2.75) is 89.1 Å². The number of hydrogen-bond acceptors (Lipinski definition) is 10. The Kier molecular flexibility index (Phi) is 15.7. The van der Waals surface area contributed by atoms with Crippen LogP contribution in [0.25, 0.3) is 0 Å². The Bertz CT molecular complexity index is 1680. The molecular weight excluding hydrogens is 723 g/mol. The lowest BCUT2D eigenvalue weighted by atomic mass is 9.55. The SMILES string of the molecule is C=CCCOC(=O)N(CCC)[C@H]1CC(=NOCc2ccccc2)C2=C[C@H](CCCCO)[C@@H](CCCCO)[C@@H]3c4cc(OCCN5CC5)ccc4O[C@@]1(OCC=C)[C@H]23. The lowest BCUT2D eigenvalue weighted by Crippen LogP contribution is -2.70. The van der Waals surface area contributed by atoms with Crippen molar-refractivity contribution in [3.8, 4) is 11.5 Å². The van der Waals surface area contributed by atoms with Gasteiger partial charge in [-0.05, 0) is 79.7 Å². The average molecular weight is 786 g/mol. The number of amides is 1. The summed E-state index contributed by atoms with van der Waals surface area (Å²) < 4.78 is 26.6.